The van der Waals surface area contributed by atoms with E-state index in [9.17, 15) is 0 Å². The van der Waals surface area contributed by atoms with Crippen LogP contribution < -0.4 is 20.5 Å². The van der Waals surface area contributed by atoms with E-state index >= 15 is 0 Å². The largest absolute Gasteiger partial charge is 0.489 e. The van der Waals surface area contributed by atoms with E-state index < -0.39 is 6.17 Å². The third kappa shape index (κ3) is 2.66. The molecule has 0 amide bonds. The van der Waals surface area contributed by atoms with E-state index in [2.05, 4.69) is 15.4 Å². The number of guanidine groups is 1. The molecule has 30 heavy (non-hydrogen) atoms. The first-order valence-corrected chi connectivity index (χ1v) is 9.78. The van der Waals surface area contributed by atoms with Crippen LogP contribution in [0.15, 0.2) is 59.9 Å². The fraction of sp³-hybridized carbons (Fsp3) is 0.190. The van der Waals surface area contributed by atoms with Gasteiger partial charge in [0.05, 0.1) is 36.1 Å². The second-order valence-corrected chi connectivity index (χ2v) is 7.21. The van der Waals surface area contributed by atoms with Crippen LogP contribution in [0.3, 0.4) is 0 Å². The summed E-state index contributed by atoms with van der Waals surface area (Å²) >= 11 is 0. The van der Waals surface area contributed by atoms with E-state index in [1.165, 1.54) is 0 Å². The Morgan fingerprint density at radius 3 is 2.70 bits per heavy atom. The molecule has 0 unspecified atom stereocenters. The number of rotatable bonds is 2. The van der Waals surface area contributed by atoms with E-state index in [0.29, 0.717) is 36.6 Å². The van der Waals surface area contributed by atoms with Gasteiger partial charge in [0, 0.05) is 30.3 Å². The third-order valence-corrected chi connectivity index (χ3v) is 5.23. The van der Waals surface area contributed by atoms with E-state index in [-0.39, 0.29) is 0 Å². The summed E-state index contributed by atoms with van der Waals surface area (Å²) in [5.74, 6) is 2.35. The minimum Gasteiger partial charge on any atom is -0.489 e. The topological polar surface area (TPSA) is 105 Å². The summed E-state index contributed by atoms with van der Waals surface area (Å²) in [5.41, 5.74) is 9.61. The molecule has 4 heterocycles. The highest BCUT2D eigenvalue weighted by molar-refractivity contribution is 5.95. The molecule has 150 valence electrons. The van der Waals surface area contributed by atoms with Gasteiger partial charge in [0.25, 0.3) is 0 Å². The second kappa shape index (κ2) is 6.51. The average Bonchev–Trinajstić information content (AvgIpc) is 3.31. The molecule has 3 N–H and O–H groups in total. The van der Waals surface area contributed by atoms with Crippen molar-refractivity contribution in [2.24, 2.45) is 10.7 Å². The Morgan fingerprint density at radius 2 is 1.87 bits per heavy atom. The zero-order valence-corrected chi connectivity index (χ0v) is 16.0. The van der Waals surface area contributed by atoms with Crippen molar-refractivity contribution >= 4 is 22.9 Å². The van der Waals surface area contributed by atoms with Gasteiger partial charge in [0.15, 0.2) is 23.6 Å². The minimum atomic E-state index is -0.395. The van der Waals surface area contributed by atoms with Crippen LogP contribution in [0.2, 0.25) is 0 Å². The highest BCUT2D eigenvalue weighted by Gasteiger charge is 2.27. The van der Waals surface area contributed by atoms with Crippen LogP contribution in [-0.4, -0.2) is 38.5 Å². The van der Waals surface area contributed by atoms with Crippen molar-refractivity contribution in [2.45, 2.75) is 12.6 Å². The van der Waals surface area contributed by atoms with Crippen molar-refractivity contribution in [1.82, 2.24) is 19.3 Å². The summed E-state index contributed by atoms with van der Waals surface area (Å²) in [4.78, 5) is 9.35. The number of hydrogen-bond donors (Lipinski definition) is 2. The maximum Gasteiger partial charge on any atom is 0.212 e. The first kappa shape index (κ1) is 16.9. The van der Waals surface area contributed by atoms with Crippen LogP contribution in [0.1, 0.15) is 18.2 Å². The Labute approximate surface area is 171 Å². The first-order valence-electron chi connectivity index (χ1n) is 9.78. The molecule has 0 saturated heterocycles. The van der Waals surface area contributed by atoms with Gasteiger partial charge in [0.1, 0.15) is 0 Å². The van der Waals surface area contributed by atoms with Gasteiger partial charge in [0.2, 0.25) is 5.95 Å². The molecule has 0 spiro atoms. The van der Waals surface area contributed by atoms with Crippen LogP contribution in [-0.2, 0) is 0 Å². The van der Waals surface area contributed by atoms with Gasteiger partial charge < -0.3 is 15.2 Å². The van der Waals surface area contributed by atoms with E-state index in [0.717, 1.165) is 28.7 Å². The van der Waals surface area contributed by atoms with Crippen LogP contribution in [0, 0.1) is 0 Å². The Hall–Kier alpha value is -4.01. The quantitative estimate of drug-likeness (QED) is 0.535. The van der Waals surface area contributed by atoms with Gasteiger partial charge in [-0.25, -0.2) is 14.7 Å². The zero-order valence-electron chi connectivity index (χ0n) is 16.0. The van der Waals surface area contributed by atoms with Gasteiger partial charge in [-0.15, -0.1) is 0 Å². The molecule has 0 radical (unpaired) electrons. The summed E-state index contributed by atoms with van der Waals surface area (Å²) in [6, 6.07) is 13.8. The van der Waals surface area contributed by atoms with Crippen LogP contribution in [0.5, 0.6) is 11.5 Å². The number of fused-ring (bicyclic) bond motifs is 4. The molecule has 2 aromatic heterocycles. The number of imidazole rings is 1. The summed E-state index contributed by atoms with van der Waals surface area (Å²) in [5, 5.41) is 7.58. The van der Waals surface area contributed by atoms with Gasteiger partial charge in [-0.1, -0.05) is 18.2 Å². The number of nitrogens with two attached hydrogens (primary N) is 1. The van der Waals surface area contributed by atoms with Crippen molar-refractivity contribution < 1.29 is 9.47 Å². The number of ether oxygens (including phenoxy) is 2. The summed E-state index contributed by atoms with van der Waals surface area (Å²) < 4.78 is 15.5. The van der Waals surface area contributed by atoms with Crippen molar-refractivity contribution in [3.63, 3.8) is 0 Å². The molecule has 1 atom stereocenters. The molecule has 9 nitrogen and oxygen atoms in total. The number of aliphatic imine (C=N–C) groups is 1. The third-order valence-electron chi connectivity index (χ3n) is 5.23. The Kier molecular flexibility index (Phi) is 3.67. The number of nitrogens with one attached hydrogen (secondary N) is 1. The minimum absolute atomic E-state index is 0.310. The van der Waals surface area contributed by atoms with Crippen molar-refractivity contribution in [2.75, 3.05) is 18.5 Å². The molecule has 0 aliphatic carbocycles. The average molecular weight is 401 g/mol. The van der Waals surface area contributed by atoms with Crippen molar-refractivity contribution in [3.05, 3.63) is 60.4 Å². The Bertz CT molecular complexity index is 1280. The molecular formula is C21H19N7O2. The molecule has 2 aliphatic rings. The predicted molar refractivity (Wildman–Crippen MR) is 112 cm³/mol. The molecular weight excluding hydrogens is 382 g/mol. The smallest absolute Gasteiger partial charge is 0.212 e. The second-order valence-electron chi connectivity index (χ2n) is 7.21. The SMILES string of the molecule is NC1=N[C@H](c2cnn(-c3ccccc3)c2)n2c(nc3cc4c(cc32)OCCCO4)N1. The number of aromatic nitrogens is 4. The van der Waals surface area contributed by atoms with Crippen molar-refractivity contribution in [1.29, 1.82) is 0 Å². The number of anilines is 1. The molecule has 2 aromatic carbocycles. The Morgan fingerprint density at radius 1 is 1.07 bits per heavy atom. The van der Waals surface area contributed by atoms with Gasteiger partial charge >= 0.3 is 0 Å². The van der Waals surface area contributed by atoms with Gasteiger partial charge in [-0.3, -0.25) is 9.88 Å². The van der Waals surface area contributed by atoms with E-state index in [1.807, 2.05) is 57.9 Å². The van der Waals surface area contributed by atoms with Crippen molar-refractivity contribution in [3.8, 4) is 17.2 Å². The molecule has 6 rings (SSSR count). The monoisotopic (exact) mass is 401 g/mol. The van der Waals surface area contributed by atoms with Crippen LogP contribution in [0.4, 0.5) is 5.95 Å². The lowest BCUT2D eigenvalue weighted by Gasteiger charge is -2.22. The van der Waals surface area contributed by atoms with Gasteiger partial charge in [-0.2, -0.15) is 5.10 Å². The summed E-state index contributed by atoms with van der Waals surface area (Å²) in [6.45, 7) is 1.25. The van der Waals surface area contributed by atoms with E-state index in [4.69, 9.17) is 20.2 Å². The molecule has 9 heteroatoms. The highest BCUT2D eigenvalue weighted by atomic mass is 16.5. The summed E-state index contributed by atoms with van der Waals surface area (Å²) in [7, 11) is 0. The van der Waals surface area contributed by atoms with E-state index in [1.54, 1.807) is 6.20 Å². The maximum absolute atomic E-state index is 6.07. The fourth-order valence-electron chi connectivity index (χ4n) is 3.84. The summed E-state index contributed by atoms with van der Waals surface area (Å²) in [6.07, 6.45) is 4.22. The molecule has 0 bridgehead atoms. The number of para-hydroxylation sites is 1. The lowest BCUT2D eigenvalue weighted by atomic mass is 10.2. The van der Waals surface area contributed by atoms with Crippen LogP contribution >= 0.6 is 0 Å². The first-order chi connectivity index (χ1) is 14.8. The number of hydrogen-bond acceptors (Lipinski definition) is 7. The molecule has 2 aliphatic heterocycles. The lowest BCUT2D eigenvalue weighted by Crippen LogP contribution is -2.31. The number of benzene rings is 2. The fourth-order valence-corrected chi connectivity index (χ4v) is 3.84. The predicted octanol–water partition coefficient (Wildman–Crippen LogP) is 2.67. The molecule has 0 fully saturated rings. The lowest BCUT2D eigenvalue weighted by molar-refractivity contribution is 0.297. The Balaban J connectivity index is 1.48. The zero-order chi connectivity index (χ0) is 20.1. The van der Waals surface area contributed by atoms with Crippen LogP contribution in [0.25, 0.3) is 16.7 Å². The maximum atomic E-state index is 6.07. The highest BCUT2D eigenvalue weighted by Crippen LogP contribution is 2.39. The molecule has 0 saturated carbocycles. The van der Waals surface area contributed by atoms with Gasteiger partial charge in [-0.05, 0) is 12.1 Å². The normalized spacial score (nSPS) is 17.7. The number of nitrogens with zero attached hydrogens (tertiary/aromatic N) is 5. The standard InChI is InChI=1S/C21H19N7O2/c22-20-25-19(13-11-23-27(12-13)14-5-2-1-3-6-14)28-16-10-18-17(29-7-4-8-30-18)9-15(16)24-21(28)26-20/h1-3,5-6,9-12,19H,4,7-8H2,(H3,22,24,25,26)/t19-/m0/s1. The molecule has 4 aromatic rings.